The Morgan fingerprint density at radius 2 is 1.81 bits per heavy atom. The van der Waals surface area contributed by atoms with E-state index in [4.69, 9.17) is 0 Å². The third kappa shape index (κ3) is 5.51. The molecule has 1 heterocycles. The zero-order chi connectivity index (χ0) is 19.3. The van der Waals surface area contributed by atoms with E-state index < -0.39 is 15.8 Å². The highest BCUT2D eigenvalue weighted by molar-refractivity contribution is 7.92. The molecule has 1 saturated heterocycles. The van der Waals surface area contributed by atoms with E-state index in [1.807, 2.05) is 0 Å². The van der Waals surface area contributed by atoms with Crippen molar-refractivity contribution in [3.63, 3.8) is 0 Å². The topological polar surface area (TPSA) is 87.3 Å². The number of piperidine rings is 1. The largest absolute Gasteiger partial charge is 0.352 e. The van der Waals surface area contributed by atoms with Crippen LogP contribution < -0.4 is 15.4 Å². The van der Waals surface area contributed by atoms with Gasteiger partial charge in [0.2, 0.25) is 5.91 Å². The molecule has 2 aromatic rings. The summed E-state index contributed by atoms with van der Waals surface area (Å²) in [5.74, 6) is -0.552. The summed E-state index contributed by atoms with van der Waals surface area (Å²) < 4.78 is 40.0. The Balaban J connectivity index is 1.58. The smallest absolute Gasteiger partial charge is 0.261 e. The number of halogens is 1. The average Bonchev–Trinajstić information content (AvgIpc) is 2.64. The molecule has 0 bridgehead atoms. The van der Waals surface area contributed by atoms with E-state index in [0.717, 1.165) is 43.6 Å². The van der Waals surface area contributed by atoms with Crippen LogP contribution in [0.15, 0.2) is 53.4 Å². The number of benzene rings is 2. The molecule has 0 aliphatic carbocycles. The second kappa shape index (κ2) is 8.49. The molecule has 3 rings (SSSR count). The molecule has 0 saturated carbocycles. The fraction of sp³-hybridized carbons (Fsp3) is 0.316. The Morgan fingerprint density at radius 3 is 2.44 bits per heavy atom. The van der Waals surface area contributed by atoms with Crippen LogP contribution in [0, 0.1) is 5.82 Å². The lowest BCUT2D eigenvalue weighted by Gasteiger charge is -2.23. The molecule has 1 atom stereocenters. The Kier molecular flexibility index (Phi) is 6.08. The van der Waals surface area contributed by atoms with Gasteiger partial charge in [-0.3, -0.25) is 9.52 Å². The molecule has 2 aromatic carbocycles. The SMILES string of the molecule is O=C(Cc1ccc(NS(=O)(=O)c2ccc(F)cc2)cc1)NC1CCCNC1. The van der Waals surface area contributed by atoms with Crippen molar-refractivity contribution in [3.8, 4) is 0 Å². The number of nitrogens with one attached hydrogen (secondary N) is 3. The van der Waals surface area contributed by atoms with Crippen LogP contribution in [0.4, 0.5) is 10.1 Å². The van der Waals surface area contributed by atoms with Crippen molar-refractivity contribution in [2.75, 3.05) is 17.8 Å². The van der Waals surface area contributed by atoms with Gasteiger partial charge in [0.05, 0.1) is 11.3 Å². The maximum Gasteiger partial charge on any atom is 0.261 e. The molecule has 1 fully saturated rings. The molecule has 27 heavy (non-hydrogen) atoms. The van der Waals surface area contributed by atoms with Crippen molar-refractivity contribution in [1.82, 2.24) is 10.6 Å². The number of carbonyl (C=O) groups is 1. The van der Waals surface area contributed by atoms with Gasteiger partial charge in [-0.15, -0.1) is 0 Å². The fourth-order valence-corrected chi connectivity index (χ4v) is 4.02. The fourth-order valence-electron chi connectivity index (χ4n) is 2.96. The summed E-state index contributed by atoms with van der Waals surface area (Å²) in [6.07, 6.45) is 2.26. The number of anilines is 1. The third-order valence-corrected chi connectivity index (χ3v) is 5.75. The van der Waals surface area contributed by atoms with Crippen molar-refractivity contribution in [2.45, 2.75) is 30.2 Å². The van der Waals surface area contributed by atoms with Crippen LogP contribution >= 0.6 is 0 Å². The van der Waals surface area contributed by atoms with E-state index in [1.165, 1.54) is 12.1 Å². The lowest BCUT2D eigenvalue weighted by atomic mass is 10.1. The average molecular weight is 391 g/mol. The third-order valence-electron chi connectivity index (χ3n) is 4.36. The van der Waals surface area contributed by atoms with Gasteiger partial charge in [-0.25, -0.2) is 12.8 Å². The molecule has 3 N–H and O–H groups in total. The van der Waals surface area contributed by atoms with E-state index in [1.54, 1.807) is 24.3 Å². The van der Waals surface area contributed by atoms with Gasteiger partial charge >= 0.3 is 0 Å². The number of rotatable bonds is 6. The Labute approximate surface area is 158 Å². The quantitative estimate of drug-likeness (QED) is 0.703. The molecular formula is C19H22FN3O3S. The molecular weight excluding hydrogens is 369 g/mol. The van der Waals surface area contributed by atoms with Gasteiger partial charge in [-0.1, -0.05) is 12.1 Å². The normalized spacial score (nSPS) is 17.3. The molecule has 1 amide bonds. The van der Waals surface area contributed by atoms with Crippen LogP contribution in [-0.2, 0) is 21.2 Å². The van der Waals surface area contributed by atoms with Gasteiger partial charge in [-0.05, 0) is 61.3 Å². The van der Waals surface area contributed by atoms with Gasteiger partial charge in [0, 0.05) is 18.3 Å². The summed E-state index contributed by atoms with van der Waals surface area (Å²) in [5, 5.41) is 6.25. The first-order valence-electron chi connectivity index (χ1n) is 8.80. The minimum absolute atomic E-state index is 0.0200. The lowest BCUT2D eigenvalue weighted by Crippen LogP contribution is -2.46. The molecule has 8 heteroatoms. The van der Waals surface area contributed by atoms with Crippen molar-refractivity contribution in [3.05, 3.63) is 59.9 Å². The van der Waals surface area contributed by atoms with Gasteiger partial charge in [0.25, 0.3) is 10.0 Å². The predicted octanol–water partition coefficient (Wildman–Crippen LogP) is 2.04. The summed E-state index contributed by atoms with van der Waals surface area (Å²) in [4.78, 5) is 12.1. The molecule has 1 aliphatic heterocycles. The predicted molar refractivity (Wildman–Crippen MR) is 101 cm³/mol. The standard InChI is InChI=1S/C19H22FN3O3S/c20-15-5-9-18(10-6-15)27(25,26)23-16-7-3-14(4-8-16)12-19(24)22-17-2-1-11-21-13-17/h3-10,17,21,23H,1-2,11-13H2,(H,22,24). The maximum absolute atomic E-state index is 12.9. The number of amides is 1. The first-order valence-corrected chi connectivity index (χ1v) is 10.3. The van der Waals surface area contributed by atoms with Crippen LogP contribution in [0.3, 0.4) is 0 Å². The van der Waals surface area contributed by atoms with Crippen molar-refractivity contribution >= 4 is 21.6 Å². The highest BCUT2D eigenvalue weighted by Gasteiger charge is 2.16. The maximum atomic E-state index is 12.9. The second-order valence-electron chi connectivity index (χ2n) is 6.54. The monoisotopic (exact) mass is 391 g/mol. The van der Waals surface area contributed by atoms with Gasteiger partial charge in [0.1, 0.15) is 5.82 Å². The molecule has 0 aromatic heterocycles. The summed E-state index contributed by atoms with van der Waals surface area (Å²) >= 11 is 0. The van der Waals surface area contributed by atoms with E-state index in [9.17, 15) is 17.6 Å². The molecule has 1 unspecified atom stereocenters. The lowest BCUT2D eigenvalue weighted by molar-refractivity contribution is -0.121. The second-order valence-corrected chi connectivity index (χ2v) is 8.23. The van der Waals surface area contributed by atoms with Crippen LogP contribution in [-0.4, -0.2) is 33.5 Å². The summed E-state index contributed by atoms with van der Waals surface area (Å²) in [6.45, 7) is 1.78. The summed E-state index contributed by atoms with van der Waals surface area (Å²) in [6, 6.07) is 11.4. The number of carbonyl (C=O) groups excluding carboxylic acids is 1. The molecule has 6 nitrogen and oxygen atoms in total. The zero-order valence-electron chi connectivity index (χ0n) is 14.7. The summed E-state index contributed by atoms with van der Waals surface area (Å²) in [7, 11) is -3.79. The molecule has 1 aliphatic rings. The zero-order valence-corrected chi connectivity index (χ0v) is 15.6. The van der Waals surface area contributed by atoms with Gasteiger partial charge in [0.15, 0.2) is 0 Å². The Bertz CT molecular complexity index is 877. The van der Waals surface area contributed by atoms with Gasteiger partial charge < -0.3 is 10.6 Å². The van der Waals surface area contributed by atoms with Crippen molar-refractivity contribution in [2.24, 2.45) is 0 Å². The minimum atomic E-state index is -3.79. The van der Waals surface area contributed by atoms with Crippen molar-refractivity contribution < 1.29 is 17.6 Å². The molecule has 0 spiro atoms. The van der Waals surface area contributed by atoms with E-state index in [0.29, 0.717) is 5.69 Å². The minimum Gasteiger partial charge on any atom is -0.352 e. The highest BCUT2D eigenvalue weighted by atomic mass is 32.2. The summed E-state index contributed by atoms with van der Waals surface area (Å²) in [5.41, 5.74) is 1.17. The highest BCUT2D eigenvalue weighted by Crippen LogP contribution is 2.17. The van der Waals surface area contributed by atoms with E-state index in [-0.39, 0.29) is 23.3 Å². The van der Waals surface area contributed by atoms with Gasteiger partial charge in [-0.2, -0.15) is 0 Å². The number of hydrogen-bond donors (Lipinski definition) is 3. The molecule has 0 radical (unpaired) electrons. The first kappa shape index (κ1) is 19.3. The van der Waals surface area contributed by atoms with E-state index in [2.05, 4.69) is 15.4 Å². The Hall–Kier alpha value is -2.45. The van der Waals surface area contributed by atoms with Crippen LogP contribution in [0.1, 0.15) is 18.4 Å². The number of hydrogen-bond acceptors (Lipinski definition) is 4. The molecule has 144 valence electrons. The van der Waals surface area contributed by atoms with Crippen molar-refractivity contribution in [1.29, 1.82) is 0 Å². The number of sulfonamides is 1. The van der Waals surface area contributed by atoms with Crippen LogP contribution in [0.2, 0.25) is 0 Å². The van der Waals surface area contributed by atoms with Crippen LogP contribution in [0.5, 0.6) is 0 Å². The first-order chi connectivity index (χ1) is 12.9. The van der Waals surface area contributed by atoms with Crippen LogP contribution in [0.25, 0.3) is 0 Å². The van der Waals surface area contributed by atoms with E-state index >= 15 is 0 Å². The Morgan fingerprint density at radius 1 is 1.11 bits per heavy atom.